The molecule has 102 valence electrons. The maximum absolute atomic E-state index is 12.2. The predicted octanol–water partition coefficient (Wildman–Crippen LogP) is 1.60. The first-order valence-corrected chi connectivity index (χ1v) is 7.81. The second kappa shape index (κ2) is 8.66. The molecule has 0 aliphatic carbocycles. The van der Waals surface area contributed by atoms with Crippen molar-refractivity contribution in [2.24, 2.45) is 0 Å². The van der Waals surface area contributed by atoms with Gasteiger partial charge in [-0.2, -0.15) is 4.31 Å². The van der Waals surface area contributed by atoms with Crippen LogP contribution in [0.15, 0.2) is 12.7 Å². The number of hydrogen-bond acceptors (Lipinski definition) is 3. The summed E-state index contributed by atoms with van der Waals surface area (Å²) in [6.07, 6.45) is 3.47. The third kappa shape index (κ3) is 5.66. The summed E-state index contributed by atoms with van der Waals surface area (Å²) in [5, 5.41) is 2.76. The fourth-order valence-corrected chi connectivity index (χ4v) is 3.15. The Morgan fingerprint density at radius 3 is 2.47 bits per heavy atom. The summed E-state index contributed by atoms with van der Waals surface area (Å²) in [7, 11) is -3.21. The van der Waals surface area contributed by atoms with Crippen LogP contribution in [0.1, 0.15) is 33.6 Å². The highest BCUT2D eigenvalue weighted by molar-refractivity contribution is 7.89. The molecular formula is C12H26N2O2S. The maximum atomic E-state index is 12.2. The SMILES string of the molecule is C=CCN(CCC)S(=O)(=O)C(C)CNCCC. The normalized spacial score (nSPS) is 13.9. The van der Waals surface area contributed by atoms with Gasteiger partial charge in [0.2, 0.25) is 10.0 Å². The lowest BCUT2D eigenvalue weighted by molar-refractivity contribution is 0.431. The Bertz CT molecular complexity index is 302. The van der Waals surface area contributed by atoms with E-state index in [9.17, 15) is 8.42 Å². The van der Waals surface area contributed by atoms with Crippen LogP contribution in [0.3, 0.4) is 0 Å². The Labute approximate surface area is 106 Å². The van der Waals surface area contributed by atoms with Crippen molar-refractivity contribution in [1.29, 1.82) is 0 Å². The van der Waals surface area contributed by atoms with Gasteiger partial charge in [0.05, 0.1) is 5.25 Å². The molecule has 5 heteroatoms. The lowest BCUT2D eigenvalue weighted by atomic mass is 10.4. The van der Waals surface area contributed by atoms with E-state index in [0.717, 1.165) is 19.4 Å². The molecule has 0 amide bonds. The molecule has 17 heavy (non-hydrogen) atoms. The zero-order chi connectivity index (χ0) is 13.3. The summed E-state index contributed by atoms with van der Waals surface area (Å²) in [6.45, 7) is 11.7. The van der Waals surface area contributed by atoms with Gasteiger partial charge in [-0.25, -0.2) is 8.42 Å². The molecule has 0 saturated heterocycles. The van der Waals surface area contributed by atoms with E-state index in [1.165, 1.54) is 4.31 Å². The van der Waals surface area contributed by atoms with Crippen LogP contribution in [0.2, 0.25) is 0 Å². The fourth-order valence-electron chi connectivity index (χ4n) is 1.56. The summed E-state index contributed by atoms with van der Waals surface area (Å²) in [4.78, 5) is 0. The van der Waals surface area contributed by atoms with Crippen molar-refractivity contribution >= 4 is 10.0 Å². The van der Waals surface area contributed by atoms with Crippen LogP contribution >= 0.6 is 0 Å². The molecule has 0 spiro atoms. The van der Waals surface area contributed by atoms with E-state index in [4.69, 9.17) is 0 Å². The van der Waals surface area contributed by atoms with Gasteiger partial charge in [-0.05, 0) is 26.3 Å². The first kappa shape index (κ1) is 16.6. The quantitative estimate of drug-likeness (QED) is 0.480. The van der Waals surface area contributed by atoms with Crippen molar-refractivity contribution in [3.8, 4) is 0 Å². The minimum atomic E-state index is -3.21. The van der Waals surface area contributed by atoms with Crippen LogP contribution in [0, 0.1) is 0 Å². The Morgan fingerprint density at radius 1 is 1.35 bits per heavy atom. The second-order valence-corrected chi connectivity index (χ2v) is 6.56. The molecule has 0 radical (unpaired) electrons. The van der Waals surface area contributed by atoms with Gasteiger partial charge >= 0.3 is 0 Å². The van der Waals surface area contributed by atoms with Crippen molar-refractivity contribution in [3.05, 3.63) is 12.7 Å². The molecule has 0 aliphatic heterocycles. The van der Waals surface area contributed by atoms with Gasteiger partial charge < -0.3 is 5.32 Å². The number of sulfonamides is 1. The second-order valence-electron chi connectivity index (χ2n) is 4.21. The van der Waals surface area contributed by atoms with Gasteiger partial charge in [-0.15, -0.1) is 6.58 Å². The monoisotopic (exact) mass is 262 g/mol. The molecule has 0 fully saturated rings. The first-order valence-electron chi connectivity index (χ1n) is 6.31. The molecule has 4 nitrogen and oxygen atoms in total. The molecule has 0 bridgehead atoms. The molecule has 0 heterocycles. The molecule has 0 aliphatic rings. The third-order valence-corrected chi connectivity index (χ3v) is 4.77. The minimum Gasteiger partial charge on any atom is -0.315 e. The highest BCUT2D eigenvalue weighted by Gasteiger charge is 2.26. The zero-order valence-corrected chi connectivity index (χ0v) is 12.1. The highest BCUT2D eigenvalue weighted by atomic mass is 32.2. The van der Waals surface area contributed by atoms with Crippen molar-refractivity contribution in [3.63, 3.8) is 0 Å². The predicted molar refractivity (Wildman–Crippen MR) is 73.6 cm³/mol. The zero-order valence-electron chi connectivity index (χ0n) is 11.3. The van der Waals surface area contributed by atoms with E-state index in [2.05, 4.69) is 18.8 Å². The average Bonchev–Trinajstić information content (AvgIpc) is 2.29. The number of hydrogen-bond donors (Lipinski definition) is 1. The Balaban J connectivity index is 4.52. The summed E-state index contributed by atoms with van der Waals surface area (Å²) in [5.41, 5.74) is 0. The van der Waals surface area contributed by atoms with Crippen LogP contribution in [0.4, 0.5) is 0 Å². The van der Waals surface area contributed by atoms with Crippen LogP contribution in [-0.4, -0.2) is 44.2 Å². The third-order valence-electron chi connectivity index (χ3n) is 2.53. The molecule has 0 aromatic heterocycles. The van der Waals surface area contributed by atoms with Crippen molar-refractivity contribution in [1.82, 2.24) is 9.62 Å². The van der Waals surface area contributed by atoms with Crippen molar-refractivity contribution < 1.29 is 8.42 Å². The lowest BCUT2D eigenvalue weighted by Crippen LogP contribution is -2.42. The number of nitrogens with zero attached hydrogens (tertiary/aromatic N) is 1. The molecular weight excluding hydrogens is 236 g/mol. The fraction of sp³-hybridized carbons (Fsp3) is 0.833. The molecule has 0 saturated carbocycles. The van der Waals surface area contributed by atoms with Crippen LogP contribution < -0.4 is 5.32 Å². The summed E-state index contributed by atoms with van der Waals surface area (Å²) in [6, 6.07) is 0. The van der Waals surface area contributed by atoms with Gasteiger partial charge in [-0.3, -0.25) is 0 Å². The Morgan fingerprint density at radius 2 is 2.00 bits per heavy atom. The average molecular weight is 262 g/mol. The van der Waals surface area contributed by atoms with Crippen molar-refractivity contribution in [2.45, 2.75) is 38.9 Å². The smallest absolute Gasteiger partial charge is 0.218 e. The van der Waals surface area contributed by atoms with E-state index >= 15 is 0 Å². The molecule has 1 unspecified atom stereocenters. The van der Waals surface area contributed by atoms with Gasteiger partial charge in [0.1, 0.15) is 0 Å². The van der Waals surface area contributed by atoms with E-state index in [0.29, 0.717) is 19.6 Å². The lowest BCUT2D eigenvalue weighted by Gasteiger charge is -2.24. The number of rotatable bonds is 10. The van der Waals surface area contributed by atoms with Gasteiger partial charge in [0, 0.05) is 19.6 Å². The Kier molecular flexibility index (Phi) is 8.47. The van der Waals surface area contributed by atoms with Crippen LogP contribution in [0.5, 0.6) is 0 Å². The van der Waals surface area contributed by atoms with Crippen LogP contribution in [0.25, 0.3) is 0 Å². The molecule has 0 rings (SSSR count). The van der Waals surface area contributed by atoms with Gasteiger partial charge in [0.15, 0.2) is 0 Å². The minimum absolute atomic E-state index is 0.388. The summed E-state index contributed by atoms with van der Waals surface area (Å²) < 4.78 is 26.0. The van der Waals surface area contributed by atoms with Crippen LogP contribution in [-0.2, 0) is 10.0 Å². The van der Waals surface area contributed by atoms with E-state index in [1.807, 2.05) is 6.92 Å². The Hall–Kier alpha value is -0.390. The maximum Gasteiger partial charge on any atom is 0.218 e. The topological polar surface area (TPSA) is 49.4 Å². The highest BCUT2D eigenvalue weighted by Crippen LogP contribution is 2.09. The summed E-state index contributed by atoms with van der Waals surface area (Å²) in [5.74, 6) is 0. The van der Waals surface area contributed by atoms with E-state index < -0.39 is 10.0 Å². The van der Waals surface area contributed by atoms with Gasteiger partial charge in [0.25, 0.3) is 0 Å². The largest absolute Gasteiger partial charge is 0.315 e. The first-order chi connectivity index (χ1) is 8.00. The standard InChI is InChI=1S/C12H26N2O2S/c1-5-8-13-11-12(4)17(15,16)14(9-6-2)10-7-3/h6,12-13H,2,5,7-11H2,1,3-4H3. The molecule has 0 aromatic rings. The van der Waals surface area contributed by atoms with Crippen molar-refractivity contribution in [2.75, 3.05) is 26.2 Å². The van der Waals surface area contributed by atoms with E-state index in [-0.39, 0.29) is 5.25 Å². The van der Waals surface area contributed by atoms with Gasteiger partial charge in [-0.1, -0.05) is 19.9 Å². The van der Waals surface area contributed by atoms with E-state index in [1.54, 1.807) is 13.0 Å². The molecule has 1 N–H and O–H groups in total. The molecule has 1 atom stereocenters. The summed E-state index contributed by atoms with van der Waals surface area (Å²) >= 11 is 0. The number of nitrogens with one attached hydrogen (secondary N) is 1. The molecule has 0 aromatic carbocycles.